The van der Waals surface area contributed by atoms with Crippen LogP contribution in [0.3, 0.4) is 0 Å². The normalized spacial score (nSPS) is 11.6. The number of hydrogen-bond donors (Lipinski definition) is 1. The van der Waals surface area contributed by atoms with Gasteiger partial charge in [0.25, 0.3) is 5.91 Å². The zero-order valence-corrected chi connectivity index (χ0v) is 12.6. The maximum atomic E-state index is 12.6. The van der Waals surface area contributed by atoms with Gasteiger partial charge in [0, 0.05) is 37.6 Å². The van der Waals surface area contributed by atoms with Gasteiger partial charge in [0.1, 0.15) is 5.82 Å². The molecule has 6 nitrogen and oxygen atoms in total. The predicted octanol–water partition coefficient (Wildman–Crippen LogP) is 2.59. The fourth-order valence-corrected chi connectivity index (χ4v) is 1.86. The van der Waals surface area contributed by atoms with Crippen molar-refractivity contribution in [3.8, 4) is 5.88 Å². The van der Waals surface area contributed by atoms with Crippen molar-refractivity contribution in [3.63, 3.8) is 0 Å². The number of halogens is 5. The van der Waals surface area contributed by atoms with E-state index in [0.717, 1.165) is 18.5 Å². The Morgan fingerprint density at radius 2 is 2.04 bits per heavy atom. The summed E-state index contributed by atoms with van der Waals surface area (Å²) in [7, 11) is 0. The van der Waals surface area contributed by atoms with Gasteiger partial charge in [-0.2, -0.15) is 22.0 Å². The van der Waals surface area contributed by atoms with Gasteiger partial charge >= 0.3 is 12.7 Å². The molecule has 0 unspecified atom stereocenters. The summed E-state index contributed by atoms with van der Waals surface area (Å²) in [6.45, 7) is -4.15. The van der Waals surface area contributed by atoms with Crippen LogP contribution in [-0.2, 0) is 6.42 Å². The third-order valence-electron chi connectivity index (χ3n) is 2.98. The lowest BCUT2D eigenvalue weighted by atomic mass is 10.2. The SMILES string of the molecule is O=C(NCCc1nccn1C(F)F)c1ccc(OCC(F)(F)F)nc1. The van der Waals surface area contributed by atoms with Gasteiger partial charge in [-0.25, -0.2) is 9.97 Å². The Kier molecular flexibility index (Phi) is 5.88. The van der Waals surface area contributed by atoms with Crippen molar-refractivity contribution < 1.29 is 31.5 Å². The molecule has 11 heteroatoms. The molecule has 0 aliphatic rings. The highest BCUT2D eigenvalue weighted by molar-refractivity contribution is 5.93. The summed E-state index contributed by atoms with van der Waals surface area (Å²) >= 11 is 0. The molecule has 0 atom stereocenters. The van der Waals surface area contributed by atoms with E-state index in [-0.39, 0.29) is 30.2 Å². The van der Waals surface area contributed by atoms with Crippen LogP contribution in [0.1, 0.15) is 22.7 Å². The molecule has 1 amide bonds. The third kappa shape index (κ3) is 5.69. The second-order valence-corrected chi connectivity index (χ2v) is 4.82. The molecule has 0 aliphatic carbocycles. The van der Waals surface area contributed by atoms with Gasteiger partial charge in [-0.15, -0.1) is 0 Å². The van der Waals surface area contributed by atoms with E-state index in [4.69, 9.17) is 0 Å². The zero-order chi connectivity index (χ0) is 18.4. The third-order valence-corrected chi connectivity index (χ3v) is 2.98. The largest absolute Gasteiger partial charge is 0.468 e. The molecule has 0 aliphatic heterocycles. The first-order valence-electron chi connectivity index (χ1n) is 7.00. The minimum absolute atomic E-state index is 0.0505. The van der Waals surface area contributed by atoms with Crippen molar-refractivity contribution in [1.29, 1.82) is 0 Å². The fourth-order valence-electron chi connectivity index (χ4n) is 1.86. The second-order valence-electron chi connectivity index (χ2n) is 4.82. The molecule has 0 fully saturated rings. The van der Waals surface area contributed by atoms with E-state index in [1.165, 1.54) is 12.3 Å². The molecule has 2 aromatic heterocycles. The van der Waals surface area contributed by atoms with Gasteiger partial charge in [0.15, 0.2) is 6.61 Å². The first-order valence-corrected chi connectivity index (χ1v) is 7.00. The Labute approximate surface area is 138 Å². The summed E-state index contributed by atoms with van der Waals surface area (Å²) in [6, 6.07) is 2.37. The van der Waals surface area contributed by atoms with Crippen LogP contribution in [0.2, 0.25) is 0 Å². The van der Waals surface area contributed by atoms with E-state index < -0.39 is 25.2 Å². The average molecular weight is 364 g/mol. The summed E-state index contributed by atoms with van der Waals surface area (Å²) in [6.07, 6.45) is -0.982. The van der Waals surface area contributed by atoms with Crippen LogP contribution in [0.25, 0.3) is 0 Å². The van der Waals surface area contributed by atoms with Crippen LogP contribution in [0.5, 0.6) is 5.88 Å². The van der Waals surface area contributed by atoms with Crippen molar-refractivity contribution in [3.05, 3.63) is 42.1 Å². The lowest BCUT2D eigenvalue weighted by Crippen LogP contribution is -2.26. The minimum Gasteiger partial charge on any atom is -0.468 e. The molecule has 2 rings (SSSR count). The molecule has 136 valence electrons. The molecule has 0 aromatic carbocycles. The second kappa shape index (κ2) is 7.90. The molecule has 0 saturated heterocycles. The number of pyridine rings is 1. The first-order chi connectivity index (χ1) is 11.8. The van der Waals surface area contributed by atoms with Gasteiger partial charge in [0.2, 0.25) is 5.88 Å². The number of imidazole rings is 1. The molecule has 0 bridgehead atoms. The smallest absolute Gasteiger partial charge is 0.422 e. The number of nitrogens with one attached hydrogen (secondary N) is 1. The number of carbonyl (C=O) groups is 1. The average Bonchev–Trinajstić information content (AvgIpc) is 3.01. The molecule has 2 aromatic rings. The number of hydrogen-bond acceptors (Lipinski definition) is 4. The molecular formula is C14H13F5N4O2. The number of rotatable bonds is 7. The Morgan fingerprint density at radius 1 is 1.28 bits per heavy atom. The van der Waals surface area contributed by atoms with E-state index in [1.54, 1.807) is 0 Å². The number of nitrogens with zero attached hydrogens (tertiary/aromatic N) is 3. The molecule has 0 radical (unpaired) electrons. The van der Waals surface area contributed by atoms with Crippen LogP contribution < -0.4 is 10.1 Å². The van der Waals surface area contributed by atoms with Gasteiger partial charge < -0.3 is 10.1 Å². The van der Waals surface area contributed by atoms with E-state index in [0.29, 0.717) is 4.57 Å². The molecule has 2 heterocycles. The van der Waals surface area contributed by atoms with Gasteiger partial charge in [-0.3, -0.25) is 9.36 Å². The van der Waals surface area contributed by atoms with Gasteiger partial charge in [-0.05, 0) is 6.07 Å². The quantitative estimate of drug-likeness (QED) is 0.767. The van der Waals surface area contributed by atoms with Crippen molar-refractivity contribution in [1.82, 2.24) is 19.9 Å². The van der Waals surface area contributed by atoms with E-state index in [9.17, 15) is 26.7 Å². The van der Waals surface area contributed by atoms with Crippen molar-refractivity contribution >= 4 is 5.91 Å². The zero-order valence-electron chi connectivity index (χ0n) is 12.6. The van der Waals surface area contributed by atoms with Gasteiger partial charge in [0.05, 0.1) is 5.56 Å². The Hall–Kier alpha value is -2.72. The number of aromatic nitrogens is 3. The Bertz CT molecular complexity index is 700. The molecule has 1 N–H and O–H groups in total. The summed E-state index contributed by atoms with van der Waals surface area (Å²) in [5.74, 6) is -0.706. The molecule has 0 spiro atoms. The Balaban J connectivity index is 1.83. The topological polar surface area (TPSA) is 69.0 Å². The minimum atomic E-state index is -4.48. The predicted molar refractivity (Wildman–Crippen MR) is 75.3 cm³/mol. The maximum Gasteiger partial charge on any atom is 0.422 e. The lowest BCUT2D eigenvalue weighted by molar-refractivity contribution is -0.154. The number of alkyl halides is 5. The molecular weight excluding hydrogens is 351 g/mol. The van der Waals surface area contributed by atoms with Crippen molar-refractivity contribution in [2.45, 2.75) is 19.1 Å². The monoisotopic (exact) mass is 364 g/mol. The molecule has 25 heavy (non-hydrogen) atoms. The van der Waals surface area contributed by atoms with Crippen molar-refractivity contribution in [2.75, 3.05) is 13.2 Å². The van der Waals surface area contributed by atoms with Crippen LogP contribution in [0.15, 0.2) is 30.7 Å². The summed E-state index contributed by atoms with van der Waals surface area (Å²) < 4.78 is 66.4. The van der Waals surface area contributed by atoms with Crippen molar-refractivity contribution in [2.24, 2.45) is 0 Å². The first kappa shape index (κ1) is 18.6. The van der Waals surface area contributed by atoms with Crippen LogP contribution >= 0.6 is 0 Å². The van der Waals surface area contributed by atoms with Crippen LogP contribution in [0.4, 0.5) is 22.0 Å². The molecule has 0 saturated carbocycles. The fraction of sp³-hybridized carbons (Fsp3) is 0.357. The number of ether oxygens (including phenoxy) is 1. The van der Waals surface area contributed by atoms with Crippen LogP contribution in [0, 0.1) is 0 Å². The highest BCUT2D eigenvalue weighted by Crippen LogP contribution is 2.17. The van der Waals surface area contributed by atoms with Crippen LogP contribution in [-0.4, -0.2) is 39.8 Å². The number of amides is 1. The maximum absolute atomic E-state index is 12.6. The highest BCUT2D eigenvalue weighted by Gasteiger charge is 2.28. The number of carbonyl (C=O) groups excluding carboxylic acids is 1. The van der Waals surface area contributed by atoms with E-state index >= 15 is 0 Å². The summed E-state index contributed by atoms with van der Waals surface area (Å²) in [5.41, 5.74) is 0.0940. The van der Waals surface area contributed by atoms with E-state index in [1.807, 2.05) is 0 Å². The van der Waals surface area contributed by atoms with Gasteiger partial charge in [-0.1, -0.05) is 0 Å². The standard InChI is InChI=1S/C14H13F5N4O2/c15-13(16)23-6-5-20-10(23)3-4-21-12(24)9-1-2-11(22-7-9)25-8-14(17,18)19/h1-2,5-7,13H,3-4,8H2,(H,21,24). The lowest BCUT2D eigenvalue weighted by Gasteiger charge is -2.09. The Morgan fingerprint density at radius 3 is 2.64 bits per heavy atom. The van der Waals surface area contributed by atoms with E-state index in [2.05, 4.69) is 20.0 Å². The summed E-state index contributed by atoms with van der Waals surface area (Å²) in [5, 5.41) is 2.48. The highest BCUT2D eigenvalue weighted by atomic mass is 19.4. The summed E-state index contributed by atoms with van der Waals surface area (Å²) in [4.78, 5) is 19.2.